The maximum Gasteiger partial charge on any atom is 0.357 e. The van der Waals surface area contributed by atoms with Crippen molar-refractivity contribution in [3.8, 4) is 0 Å². The molecule has 3 N–H and O–H groups in total. The van der Waals surface area contributed by atoms with Crippen molar-refractivity contribution in [2.45, 2.75) is 30.8 Å². The number of piperidine rings is 1. The molecule has 0 aromatic carbocycles. The van der Waals surface area contributed by atoms with Crippen molar-refractivity contribution >= 4 is 16.0 Å². The Morgan fingerprint density at radius 2 is 2.00 bits per heavy atom. The molecule has 0 bridgehead atoms. The number of aromatic carboxylic acids is 1. The lowest BCUT2D eigenvalue weighted by molar-refractivity contribution is 0.0685. The predicted octanol–water partition coefficient (Wildman–Crippen LogP) is -0.438. The number of carboxylic acids is 1. The average molecular weight is 289 g/mol. The number of carboxylic acid groups (broad SMARTS) is 1. The maximum atomic E-state index is 12.4. The van der Waals surface area contributed by atoms with E-state index in [1.807, 2.05) is 0 Å². The van der Waals surface area contributed by atoms with Crippen LogP contribution in [-0.2, 0) is 10.0 Å². The van der Waals surface area contributed by atoms with Crippen LogP contribution in [0.4, 0.5) is 0 Å². The van der Waals surface area contributed by atoms with Crippen LogP contribution < -0.4 is 0 Å². The van der Waals surface area contributed by atoms with Crippen LogP contribution in [0.2, 0.25) is 0 Å². The van der Waals surface area contributed by atoms with Crippen molar-refractivity contribution in [1.82, 2.24) is 14.5 Å². The lowest BCUT2D eigenvalue weighted by Crippen LogP contribution is -2.40. The molecule has 8 nitrogen and oxygen atoms in total. The second-order valence-electron chi connectivity index (χ2n) is 4.47. The lowest BCUT2D eigenvalue weighted by atomic mass is 10.1. The quantitative estimate of drug-likeness (QED) is 0.693. The first-order valence-corrected chi connectivity index (χ1v) is 7.24. The molecule has 106 valence electrons. The van der Waals surface area contributed by atoms with Crippen molar-refractivity contribution in [1.29, 1.82) is 0 Å². The molecule has 1 aliphatic rings. The van der Waals surface area contributed by atoms with Gasteiger partial charge >= 0.3 is 5.97 Å². The standard InChI is InChI=1S/C10H15N3O5S/c1-6-9(8(10(15)16)12-11-6)19(17,18)13-4-2-7(14)3-5-13/h7,14H,2-5H2,1H3,(H,11,12)(H,15,16). The summed E-state index contributed by atoms with van der Waals surface area (Å²) in [6, 6.07) is 0. The van der Waals surface area contributed by atoms with Crippen LogP contribution in [-0.4, -0.2) is 58.3 Å². The highest BCUT2D eigenvalue weighted by molar-refractivity contribution is 7.89. The van der Waals surface area contributed by atoms with Gasteiger partial charge in [0.05, 0.1) is 11.8 Å². The average Bonchev–Trinajstić information content (AvgIpc) is 2.72. The van der Waals surface area contributed by atoms with Gasteiger partial charge in [0.15, 0.2) is 5.69 Å². The zero-order valence-electron chi connectivity index (χ0n) is 10.3. The van der Waals surface area contributed by atoms with Gasteiger partial charge in [0.1, 0.15) is 4.90 Å². The Balaban J connectivity index is 2.40. The molecule has 0 spiro atoms. The molecule has 0 saturated carbocycles. The number of H-pyrrole nitrogens is 1. The molecule has 0 amide bonds. The molecule has 0 unspecified atom stereocenters. The molecule has 0 radical (unpaired) electrons. The van der Waals surface area contributed by atoms with Gasteiger partial charge in [-0.05, 0) is 19.8 Å². The van der Waals surface area contributed by atoms with E-state index in [0.29, 0.717) is 12.8 Å². The van der Waals surface area contributed by atoms with Crippen molar-refractivity contribution < 1.29 is 23.4 Å². The summed E-state index contributed by atoms with van der Waals surface area (Å²) in [7, 11) is -3.90. The van der Waals surface area contributed by atoms with Gasteiger partial charge in [-0.15, -0.1) is 0 Å². The topological polar surface area (TPSA) is 124 Å². The number of nitrogens with one attached hydrogen (secondary N) is 1. The largest absolute Gasteiger partial charge is 0.476 e. The van der Waals surface area contributed by atoms with Crippen LogP contribution in [0, 0.1) is 6.92 Å². The van der Waals surface area contributed by atoms with Crippen molar-refractivity contribution in [2.24, 2.45) is 0 Å². The number of aromatic amines is 1. The fourth-order valence-corrected chi connectivity index (χ4v) is 3.85. The van der Waals surface area contributed by atoms with Gasteiger partial charge in [-0.25, -0.2) is 13.2 Å². The monoisotopic (exact) mass is 289 g/mol. The van der Waals surface area contributed by atoms with Gasteiger partial charge in [0.25, 0.3) is 0 Å². The summed E-state index contributed by atoms with van der Waals surface area (Å²) >= 11 is 0. The molecule has 1 aromatic rings. The summed E-state index contributed by atoms with van der Waals surface area (Å²) in [5, 5.41) is 24.3. The van der Waals surface area contributed by atoms with E-state index in [9.17, 15) is 18.3 Å². The Morgan fingerprint density at radius 1 is 1.42 bits per heavy atom. The number of aryl methyl sites for hydroxylation is 1. The Labute approximate surface area is 110 Å². The second kappa shape index (κ2) is 4.91. The maximum absolute atomic E-state index is 12.4. The van der Waals surface area contributed by atoms with Gasteiger partial charge < -0.3 is 10.2 Å². The van der Waals surface area contributed by atoms with Gasteiger partial charge in [0.2, 0.25) is 10.0 Å². The molecule has 1 aliphatic heterocycles. The summed E-state index contributed by atoms with van der Waals surface area (Å²) in [5.41, 5.74) is -0.299. The van der Waals surface area contributed by atoms with Crippen LogP contribution in [0.15, 0.2) is 4.90 Å². The van der Waals surface area contributed by atoms with E-state index in [1.165, 1.54) is 11.2 Å². The fourth-order valence-electron chi connectivity index (χ4n) is 2.09. The van der Waals surface area contributed by atoms with Crippen molar-refractivity contribution in [3.05, 3.63) is 11.4 Å². The Bertz CT molecular complexity index is 586. The summed E-state index contributed by atoms with van der Waals surface area (Å²) in [5.74, 6) is -1.39. The zero-order chi connectivity index (χ0) is 14.2. The van der Waals surface area contributed by atoms with E-state index in [4.69, 9.17) is 5.11 Å². The smallest absolute Gasteiger partial charge is 0.357 e. The van der Waals surface area contributed by atoms with Gasteiger partial charge in [0, 0.05) is 13.1 Å². The molecule has 2 heterocycles. The molecule has 9 heteroatoms. The highest BCUT2D eigenvalue weighted by Crippen LogP contribution is 2.25. The Morgan fingerprint density at radius 3 is 2.53 bits per heavy atom. The zero-order valence-corrected chi connectivity index (χ0v) is 11.1. The van der Waals surface area contributed by atoms with Gasteiger partial charge in [-0.3, -0.25) is 5.10 Å². The van der Waals surface area contributed by atoms with Crippen molar-refractivity contribution in [3.63, 3.8) is 0 Å². The molecular weight excluding hydrogens is 274 g/mol. The van der Waals surface area contributed by atoms with Crippen LogP contribution in [0.25, 0.3) is 0 Å². The second-order valence-corrected chi connectivity index (χ2v) is 6.34. The van der Waals surface area contributed by atoms with E-state index in [2.05, 4.69) is 10.2 Å². The molecule has 19 heavy (non-hydrogen) atoms. The summed E-state index contributed by atoms with van der Waals surface area (Å²) in [6.45, 7) is 1.81. The third kappa shape index (κ3) is 2.48. The van der Waals surface area contributed by atoms with E-state index in [0.717, 1.165) is 0 Å². The minimum Gasteiger partial charge on any atom is -0.476 e. The van der Waals surface area contributed by atoms with Crippen molar-refractivity contribution in [2.75, 3.05) is 13.1 Å². The van der Waals surface area contributed by atoms with Crippen LogP contribution in [0.1, 0.15) is 29.0 Å². The summed E-state index contributed by atoms with van der Waals surface area (Å²) in [4.78, 5) is 10.7. The minimum atomic E-state index is -3.90. The SMILES string of the molecule is Cc1[nH]nc(C(=O)O)c1S(=O)(=O)N1CCC(O)CC1. The molecule has 1 saturated heterocycles. The van der Waals surface area contributed by atoms with E-state index >= 15 is 0 Å². The Kier molecular flexibility index (Phi) is 3.61. The van der Waals surface area contributed by atoms with E-state index < -0.39 is 27.8 Å². The van der Waals surface area contributed by atoms with E-state index in [1.54, 1.807) is 0 Å². The number of hydrogen-bond acceptors (Lipinski definition) is 5. The first kappa shape index (κ1) is 14.0. The van der Waals surface area contributed by atoms with Crippen LogP contribution in [0.3, 0.4) is 0 Å². The summed E-state index contributed by atoms with van der Waals surface area (Å²) < 4.78 is 26.0. The number of aliphatic hydroxyl groups excluding tert-OH is 1. The number of hydrogen-bond donors (Lipinski definition) is 3. The first-order valence-electron chi connectivity index (χ1n) is 5.80. The summed E-state index contributed by atoms with van der Waals surface area (Å²) in [6.07, 6.45) is 0.188. The fraction of sp³-hybridized carbons (Fsp3) is 0.600. The highest BCUT2D eigenvalue weighted by atomic mass is 32.2. The van der Waals surface area contributed by atoms with Crippen LogP contribution in [0.5, 0.6) is 0 Å². The molecule has 0 atom stereocenters. The lowest BCUT2D eigenvalue weighted by Gasteiger charge is -2.28. The molecular formula is C10H15N3O5S. The molecule has 2 rings (SSSR count). The number of aliphatic hydroxyl groups is 1. The first-order chi connectivity index (χ1) is 8.84. The molecule has 1 aromatic heterocycles. The molecule has 0 aliphatic carbocycles. The van der Waals surface area contributed by atoms with Crippen LogP contribution >= 0.6 is 0 Å². The Hall–Kier alpha value is -1.45. The number of carbonyl (C=O) groups is 1. The van der Waals surface area contributed by atoms with E-state index in [-0.39, 0.29) is 23.7 Å². The number of sulfonamides is 1. The number of rotatable bonds is 3. The number of nitrogens with zero attached hydrogens (tertiary/aromatic N) is 2. The van der Waals surface area contributed by atoms with Gasteiger partial charge in [-0.1, -0.05) is 0 Å². The minimum absolute atomic E-state index is 0.174. The predicted molar refractivity (Wildman–Crippen MR) is 64.3 cm³/mol. The highest BCUT2D eigenvalue weighted by Gasteiger charge is 2.35. The molecule has 1 fully saturated rings. The van der Waals surface area contributed by atoms with Gasteiger partial charge in [-0.2, -0.15) is 9.40 Å². The third-order valence-corrected chi connectivity index (χ3v) is 5.18. The number of aromatic nitrogens is 2. The normalized spacial score (nSPS) is 18.6. The third-order valence-electron chi connectivity index (χ3n) is 3.11.